The predicted molar refractivity (Wildman–Crippen MR) is 94.9 cm³/mol. The number of carbonyl (C=O) groups is 1. The zero-order chi connectivity index (χ0) is 16.4. The fraction of sp³-hybridized carbons (Fsp3) is 0.211. The van der Waals surface area contributed by atoms with Gasteiger partial charge in [0, 0.05) is 50.5 Å². The van der Waals surface area contributed by atoms with Crippen LogP contribution < -0.4 is 10.2 Å². The van der Waals surface area contributed by atoms with E-state index in [1.807, 2.05) is 68.3 Å². The molecule has 0 bridgehead atoms. The molecule has 1 N–H and O–H groups in total. The SMILES string of the molecule is CN(C)c1ccc(CNC(=O)c2cn(C)c3ccccc23)cc1. The van der Waals surface area contributed by atoms with E-state index in [1.165, 1.54) is 0 Å². The van der Waals surface area contributed by atoms with Crippen LogP contribution in [0.2, 0.25) is 0 Å². The van der Waals surface area contributed by atoms with Gasteiger partial charge in [-0.2, -0.15) is 0 Å². The van der Waals surface area contributed by atoms with Crippen LogP contribution in [-0.2, 0) is 13.6 Å². The van der Waals surface area contributed by atoms with Crippen molar-refractivity contribution in [1.82, 2.24) is 9.88 Å². The van der Waals surface area contributed by atoms with E-state index in [-0.39, 0.29) is 5.91 Å². The summed E-state index contributed by atoms with van der Waals surface area (Å²) in [4.78, 5) is 14.5. The highest BCUT2D eigenvalue weighted by Gasteiger charge is 2.13. The van der Waals surface area contributed by atoms with E-state index in [4.69, 9.17) is 0 Å². The number of hydrogen-bond acceptors (Lipinski definition) is 2. The van der Waals surface area contributed by atoms with Gasteiger partial charge in [-0.3, -0.25) is 4.79 Å². The number of rotatable bonds is 4. The molecule has 1 amide bonds. The average molecular weight is 307 g/mol. The van der Waals surface area contributed by atoms with Crippen LogP contribution in [0.5, 0.6) is 0 Å². The molecule has 1 aromatic heterocycles. The van der Waals surface area contributed by atoms with Crippen molar-refractivity contribution in [2.75, 3.05) is 19.0 Å². The first-order valence-corrected chi connectivity index (χ1v) is 7.65. The lowest BCUT2D eigenvalue weighted by Gasteiger charge is -2.12. The largest absolute Gasteiger partial charge is 0.378 e. The zero-order valence-corrected chi connectivity index (χ0v) is 13.7. The zero-order valence-electron chi connectivity index (χ0n) is 13.7. The number of nitrogens with zero attached hydrogens (tertiary/aromatic N) is 2. The molecule has 0 aliphatic carbocycles. The molecule has 0 unspecified atom stereocenters. The number of aromatic nitrogens is 1. The van der Waals surface area contributed by atoms with E-state index >= 15 is 0 Å². The van der Waals surface area contributed by atoms with Crippen molar-refractivity contribution in [2.24, 2.45) is 7.05 Å². The van der Waals surface area contributed by atoms with Crippen LogP contribution in [0.1, 0.15) is 15.9 Å². The van der Waals surface area contributed by atoms with E-state index < -0.39 is 0 Å². The van der Waals surface area contributed by atoms with Crippen LogP contribution in [0.15, 0.2) is 54.7 Å². The van der Waals surface area contributed by atoms with Gasteiger partial charge < -0.3 is 14.8 Å². The molecule has 2 aromatic carbocycles. The van der Waals surface area contributed by atoms with Gasteiger partial charge in [-0.15, -0.1) is 0 Å². The Morgan fingerprint density at radius 1 is 1.09 bits per heavy atom. The lowest BCUT2D eigenvalue weighted by molar-refractivity contribution is 0.0952. The molecule has 3 aromatic rings. The Morgan fingerprint density at radius 3 is 2.48 bits per heavy atom. The third-order valence-electron chi connectivity index (χ3n) is 4.05. The number of nitrogens with one attached hydrogen (secondary N) is 1. The normalized spacial score (nSPS) is 10.7. The van der Waals surface area contributed by atoms with Gasteiger partial charge in [-0.05, 0) is 23.8 Å². The molecule has 0 aliphatic rings. The lowest BCUT2D eigenvalue weighted by Crippen LogP contribution is -2.22. The Morgan fingerprint density at radius 2 is 1.78 bits per heavy atom. The Bertz CT molecular complexity index is 831. The summed E-state index contributed by atoms with van der Waals surface area (Å²) in [6, 6.07) is 16.1. The summed E-state index contributed by atoms with van der Waals surface area (Å²) in [6.07, 6.45) is 1.88. The molecule has 0 saturated carbocycles. The minimum absolute atomic E-state index is 0.0431. The van der Waals surface area contributed by atoms with Crippen molar-refractivity contribution in [3.63, 3.8) is 0 Å². The van der Waals surface area contributed by atoms with E-state index in [2.05, 4.69) is 22.3 Å². The maximum Gasteiger partial charge on any atom is 0.253 e. The molecule has 4 heteroatoms. The number of fused-ring (bicyclic) bond motifs is 1. The summed E-state index contributed by atoms with van der Waals surface area (Å²) in [5, 5.41) is 3.99. The van der Waals surface area contributed by atoms with Crippen LogP contribution in [-0.4, -0.2) is 24.6 Å². The van der Waals surface area contributed by atoms with Gasteiger partial charge in [0.25, 0.3) is 5.91 Å². The Balaban J connectivity index is 1.74. The van der Waals surface area contributed by atoms with Gasteiger partial charge in [0.2, 0.25) is 0 Å². The standard InChI is InChI=1S/C19H21N3O/c1-21(2)15-10-8-14(9-11-15)12-20-19(23)17-13-22(3)18-7-5-4-6-16(17)18/h4-11,13H,12H2,1-3H3,(H,20,23). The third-order valence-corrected chi connectivity index (χ3v) is 4.05. The molecule has 4 nitrogen and oxygen atoms in total. The van der Waals surface area contributed by atoms with E-state index in [1.54, 1.807) is 0 Å². The molecular weight excluding hydrogens is 286 g/mol. The van der Waals surface area contributed by atoms with Gasteiger partial charge in [0.15, 0.2) is 0 Å². The van der Waals surface area contributed by atoms with Crippen molar-refractivity contribution in [2.45, 2.75) is 6.54 Å². The second-order valence-corrected chi connectivity index (χ2v) is 5.91. The molecule has 1 heterocycles. The van der Waals surface area contributed by atoms with Crippen molar-refractivity contribution >= 4 is 22.5 Å². The minimum Gasteiger partial charge on any atom is -0.378 e. The van der Waals surface area contributed by atoms with Crippen molar-refractivity contribution in [1.29, 1.82) is 0 Å². The van der Waals surface area contributed by atoms with Crippen LogP contribution >= 0.6 is 0 Å². The van der Waals surface area contributed by atoms with Crippen LogP contribution in [0.25, 0.3) is 10.9 Å². The number of anilines is 1. The van der Waals surface area contributed by atoms with E-state index in [0.29, 0.717) is 12.1 Å². The number of aryl methyl sites for hydroxylation is 1. The first-order chi connectivity index (χ1) is 11.1. The number of benzene rings is 2. The lowest BCUT2D eigenvalue weighted by atomic mass is 10.1. The monoisotopic (exact) mass is 307 g/mol. The smallest absolute Gasteiger partial charge is 0.253 e. The van der Waals surface area contributed by atoms with Crippen LogP contribution in [0.4, 0.5) is 5.69 Å². The maximum absolute atomic E-state index is 12.5. The Labute approximate surface area is 136 Å². The second kappa shape index (κ2) is 6.16. The predicted octanol–water partition coefficient (Wildman–Crippen LogP) is 3.17. The molecule has 0 radical (unpaired) electrons. The number of amides is 1. The molecule has 118 valence electrons. The molecule has 3 rings (SSSR count). The average Bonchev–Trinajstić information content (AvgIpc) is 2.90. The topological polar surface area (TPSA) is 37.3 Å². The Kier molecular flexibility index (Phi) is 4.06. The summed E-state index contributed by atoms with van der Waals surface area (Å²) >= 11 is 0. The molecule has 0 atom stereocenters. The molecule has 0 saturated heterocycles. The summed E-state index contributed by atoms with van der Waals surface area (Å²) in [5.74, 6) is -0.0431. The number of carbonyl (C=O) groups excluding carboxylic acids is 1. The summed E-state index contributed by atoms with van der Waals surface area (Å²) in [6.45, 7) is 0.524. The fourth-order valence-electron chi connectivity index (χ4n) is 2.71. The molecule has 0 spiro atoms. The first kappa shape index (κ1) is 15.2. The van der Waals surface area contributed by atoms with E-state index in [9.17, 15) is 4.79 Å². The summed E-state index contributed by atoms with van der Waals surface area (Å²) in [7, 11) is 5.98. The summed E-state index contributed by atoms with van der Waals surface area (Å²) in [5.41, 5.74) is 4.01. The Hall–Kier alpha value is -2.75. The van der Waals surface area contributed by atoms with Crippen LogP contribution in [0, 0.1) is 0 Å². The number of hydrogen-bond donors (Lipinski definition) is 1. The fourth-order valence-corrected chi connectivity index (χ4v) is 2.71. The van der Waals surface area contributed by atoms with Gasteiger partial charge in [0.05, 0.1) is 5.56 Å². The van der Waals surface area contributed by atoms with Crippen molar-refractivity contribution in [3.8, 4) is 0 Å². The third kappa shape index (κ3) is 3.06. The number of para-hydroxylation sites is 1. The second-order valence-electron chi connectivity index (χ2n) is 5.91. The molecule has 0 aliphatic heterocycles. The highest BCUT2D eigenvalue weighted by Crippen LogP contribution is 2.20. The highest BCUT2D eigenvalue weighted by atomic mass is 16.1. The van der Waals surface area contributed by atoms with Crippen molar-refractivity contribution in [3.05, 3.63) is 65.9 Å². The highest BCUT2D eigenvalue weighted by molar-refractivity contribution is 6.06. The minimum atomic E-state index is -0.0431. The van der Waals surface area contributed by atoms with Gasteiger partial charge >= 0.3 is 0 Å². The quantitative estimate of drug-likeness (QED) is 0.804. The van der Waals surface area contributed by atoms with Gasteiger partial charge in [-0.1, -0.05) is 30.3 Å². The van der Waals surface area contributed by atoms with Gasteiger partial charge in [-0.25, -0.2) is 0 Å². The molecule has 0 fully saturated rings. The van der Waals surface area contributed by atoms with E-state index in [0.717, 1.165) is 22.2 Å². The molecule has 23 heavy (non-hydrogen) atoms. The van der Waals surface area contributed by atoms with Crippen molar-refractivity contribution < 1.29 is 4.79 Å². The molecular formula is C19H21N3O. The summed E-state index contributed by atoms with van der Waals surface area (Å²) < 4.78 is 1.98. The first-order valence-electron chi connectivity index (χ1n) is 7.65. The maximum atomic E-state index is 12.5. The van der Waals surface area contributed by atoms with Crippen LogP contribution in [0.3, 0.4) is 0 Å². The van der Waals surface area contributed by atoms with Gasteiger partial charge in [0.1, 0.15) is 0 Å².